The number of benzene rings is 2. The molecule has 4 nitrogen and oxygen atoms in total. The highest BCUT2D eigenvalue weighted by Crippen LogP contribution is 2.23. The molecular formula is C23H34N2O2. The molecule has 2 rings (SSSR count). The molecule has 0 radical (unpaired) electrons. The van der Waals surface area contributed by atoms with Gasteiger partial charge in [0.2, 0.25) is 0 Å². The van der Waals surface area contributed by atoms with Crippen molar-refractivity contribution in [3.63, 3.8) is 0 Å². The summed E-state index contributed by atoms with van der Waals surface area (Å²) in [5.74, 6) is 1.84. The number of anilines is 2. The summed E-state index contributed by atoms with van der Waals surface area (Å²) in [5.41, 5.74) is 2.13. The highest BCUT2D eigenvalue weighted by Gasteiger charge is 2.01. The minimum absolute atomic E-state index is 0.671. The van der Waals surface area contributed by atoms with Crippen LogP contribution in [-0.4, -0.2) is 26.3 Å². The molecule has 0 fully saturated rings. The zero-order valence-corrected chi connectivity index (χ0v) is 16.8. The number of rotatable bonds is 14. The zero-order valence-electron chi connectivity index (χ0n) is 16.8. The minimum atomic E-state index is 0.671. The molecule has 0 bridgehead atoms. The van der Waals surface area contributed by atoms with Crippen LogP contribution < -0.4 is 20.1 Å². The summed E-state index contributed by atoms with van der Waals surface area (Å²) in [6.45, 7) is 7.36. The van der Waals surface area contributed by atoms with Gasteiger partial charge in [0.15, 0.2) is 0 Å². The van der Waals surface area contributed by atoms with Crippen molar-refractivity contribution in [2.24, 2.45) is 0 Å². The SMILES string of the molecule is CCCCCCCOc1ccc(NCCNc2ccccc2OCC)cc1. The molecule has 2 N–H and O–H groups in total. The van der Waals surface area contributed by atoms with Crippen molar-refractivity contribution in [1.29, 1.82) is 0 Å². The molecule has 148 valence electrons. The average molecular weight is 371 g/mol. The molecule has 2 aromatic rings. The maximum atomic E-state index is 5.81. The van der Waals surface area contributed by atoms with Gasteiger partial charge in [0, 0.05) is 18.8 Å². The fourth-order valence-corrected chi connectivity index (χ4v) is 2.86. The molecule has 4 heteroatoms. The Labute approximate surface area is 164 Å². The van der Waals surface area contributed by atoms with E-state index in [-0.39, 0.29) is 0 Å². The van der Waals surface area contributed by atoms with Gasteiger partial charge in [-0.05, 0) is 49.7 Å². The Morgan fingerprint density at radius 2 is 1.48 bits per heavy atom. The third-order valence-electron chi connectivity index (χ3n) is 4.33. The van der Waals surface area contributed by atoms with Crippen molar-refractivity contribution < 1.29 is 9.47 Å². The first-order chi connectivity index (χ1) is 13.3. The summed E-state index contributed by atoms with van der Waals surface area (Å²) in [6.07, 6.45) is 6.31. The van der Waals surface area contributed by atoms with Crippen LogP contribution >= 0.6 is 0 Å². The molecule has 0 saturated heterocycles. The summed E-state index contributed by atoms with van der Waals surface area (Å²) < 4.78 is 11.4. The van der Waals surface area contributed by atoms with Gasteiger partial charge in [0.1, 0.15) is 11.5 Å². The molecule has 0 aliphatic heterocycles. The Kier molecular flexibility index (Phi) is 10.0. The Balaban J connectivity index is 1.64. The van der Waals surface area contributed by atoms with E-state index in [4.69, 9.17) is 9.47 Å². The van der Waals surface area contributed by atoms with Crippen molar-refractivity contribution >= 4 is 11.4 Å². The lowest BCUT2D eigenvalue weighted by Crippen LogP contribution is -2.14. The van der Waals surface area contributed by atoms with Crippen LogP contribution in [0.3, 0.4) is 0 Å². The molecule has 0 amide bonds. The van der Waals surface area contributed by atoms with Crippen LogP contribution in [0.1, 0.15) is 46.0 Å². The minimum Gasteiger partial charge on any atom is -0.494 e. The van der Waals surface area contributed by atoms with Crippen molar-refractivity contribution in [3.8, 4) is 11.5 Å². The Morgan fingerprint density at radius 1 is 0.741 bits per heavy atom. The highest BCUT2D eigenvalue weighted by atomic mass is 16.5. The van der Waals surface area contributed by atoms with E-state index >= 15 is 0 Å². The topological polar surface area (TPSA) is 42.5 Å². The molecule has 0 aliphatic carbocycles. The van der Waals surface area contributed by atoms with E-state index in [2.05, 4.69) is 29.7 Å². The summed E-state index contributed by atoms with van der Waals surface area (Å²) in [7, 11) is 0. The van der Waals surface area contributed by atoms with Gasteiger partial charge < -0.3 is 20.1 Å². The fraction of sp³-hybridized carbons (Fsp3) is 0.478. The molecule has 0 unspecified atom stereocenters. The molecular weight excluding hydrogens is 336 g/mol. The van der Waals surface area contributed by atoms with E-state index in [0.717, 1.165) is 49.0 Å². The molecule has 0 aromatic heterocycles. The Hall–Kier alpha value is -2.36. The largest absolute Gasteiger partial charge is 0.494 e. The predicted molar refractivity (Wildman–Crippen MR) is 115 cm³/mol. The maximum absolute atomic E-state index is 5.81. The lowest BCUT2D eigenvalue weighted by molar-refractivity contribution is 0.304. The van der Waals surface area contributed by atoms with Crippen molar-refractivity contribution in [1.82, 2.24) is 0 Å². The van der Waals surface area contributed by atoms with Crippen LogP contribution in [-0.2, 0) is 0 Å². The summed E-state index contributed by atoms with van der Waals surface area (Å²) in [5, 5.41) is 6.84. The average Bonchev–Trinajstić information content (AvgIpc) is 2.70. The van der Waals surface area contributed by atoms with Gasteiger partial charge in [-0.2, -0.15) is 0 Å². The van der Waals surface area contributed by atoms with E-state index in [9.17, 15) is 0 Å². The Bertz CT molecular complexity index is 629. The lowest BCUT2D eigenvalue weighted by atomic mass is 10.2. The lowest BCUT2D eigenvalue weighted by Gasteiger charge is -2.13. The van der Waals surface area contributed by atoms with Crippen molar-refractivity contribution in [2.75, 3.05) is 36.9 Å². The quantitative estimate of drug-likeness (QED) is 0.403. The second-order valence-electron chi connectivity index (χ2n) is 6.57. The smallest absolute Gasteiger partial charge is 0.142 e. The first-order valence-electron chi connectivity index (χ1n) is 10.3. The third kappa shape index (κ3) is 8.25. The van der Waals surface area contributed by atoms with E-state index in [1.165, 1.54) is 25.7 Å². The van der Waals surface area contributed by atoms with E-state index in [1.807, 2.05) is 43.3 Å². The third-order valence-corrected chi connectivity index (χ3v) is 4.33. The van der Waals surface area contributed by atoms with Gasteiger partial charge in [-0.3, -0.25) is 0 Å². The predicted octanol–water partition coefficient (Wildman–Crippen LogP) is 5.96. The number of para-hydroxylation sites is 2. The van der Waals surface area contributed by atoms with Gasteiger partial charge in [-0.1, -0.05) is 44.7 Å². The van der Waals surface area contributed by atoms with E-state index in [1.54, 1.807) is 0 Å². The number of nitrogens with one attached hydrogen (secondary N) is 2. The van der Waals surface area contributed by atoms with Crippen LogP contribution in [0.25, 0.3) is 0 Å². The van der Waals surface area contributed by atoms with Crippen LogP contribution in [0.5, 0.6) is 11.5 Å². The van der Waals surface area contributed by atoms with Gasteiger partial charge in [-0.15, -0.1) is 0 Å². The number of hydrogen-bond donors (Lipinski definition) is 2. The van der Waals surface area contributed by atoms with Crippen molar-refractivity contribution in [3.05, 3.63) is 48.5 Å². The molecule has 2 aromatic carbocycles. The normalized spacial score (nSPS) is 10.4. The number of hydrogen-bond acceptors (Lipinski definition) is 4. The zero-order chi connectivity index (χ0) is 19.2. The van der Waals surface area contributed by atoms with Gasteiger partial charge in [0.25, 0.3) is 0 Å². The summed E-state index contributed by atoms with van der Waals surface area (Å²) >= 11 is 0. The second-order valence-corrected chi connectivity index (χ2v) is 6.57. The van der Waals surface area contributed by atoms with E-state index < -0.39 is 0 Å². The first-order valence-corrected chi connectivity index (χ1v) is 10.3. The number of unbranched alkanes of at least 4 members (excludes halogenated alkanes) is 4. The maximum Gasteiger partial charge on any atom is 0.142 e. The second kappa shape index (κ2) is 12.9. The van der Waals surface area contributed by atoms with Gasteiger partial charge in [-0.25, -0.2) is 0 Å². The van der Waals surface area contributed by atoms with E-state index in [0.29, 0.717) is 6.61 Å². The molecule has 0 heterocycles. The van der Waals surface area contributed by atoms with Gasteiger partial charge in [0.05, 0.1) is 18.9 Å². The molecule has 0 atom stereocenters. The van der Waals surface area contributed by atoms with Gasteiger partial charge >= 0.3 is 0 Å². The van der Waals surface area contributed by atoms with Crippen LogP contribution in [0.4, 0.5) is 11.4 Å². The number of ether oxygens (including phenoxy) is 2. The molecule has 27 heavy (non-hydrogen) atoms. The molecule has 0 aliphatic rings. The van der Waals surface area contributed by atoms with Crippen LogP contribution in [0.15, 0.2) is 48.5 Å². The summed E-state index contributed by atoms with van der Waals surface area (Å²) in [4.78, 5) is 0. The summed E-state index contributed by atoms with van der Waals surface area (Å²) in [6, 6.07) is 16.2. The molecule has 0 saturated carbocycles. The first kappa shape index (κ1) is 20.9. The monoisotopic (exact) mass is 370 g/mol. The van der Waals surface area contributed by atoms with Crippen LogP contribution in [0, 0.1) is 0 Å². The standard InChI is InChI=1S/C23H34N2O2/c1-3-5-6-7-10-19-27-21-15-13-20(14-16-21)24-17-18-25-22-11-8-9-12-23(22)26-4-2/h8-9,11-16,24-25H,3-7,10,17-19H2,1-2H3. The van der Waals surface area contributed by atoms with Crippen LogP contribution in [0.2, 0.25) is 0 Å². The Morgan fingerprint density at radius 3 is 2.26 bits per heavy atom. The highest BCUT2D eigenvalue weighted by molar-refractivity contribution is 5.56. The molecule has 0 spiro atoms. The fourth-order valence-electron chi connectivity index (χ4n) is 2.86. The van der Waals surface area contributed by atoms with Crippen molar-refractivity contribution in [2.45, 2.75) is 46.0 Å².